The molecule has 67 heavy (non-hydrogen) atoms. The average Bonchev–Trinajstić information content (AvgIpc) is 3.33. The molecule has 0 aliphatic heterocycles. The van der Waals surface area contributed by atoms with Gasteiger partial charge in [-0.2, -0.15) is 0 Å². The Morgan fingerprint density at radius 2 is 0.657 bits per heavy atom. The second kappa shape index (κ2) is 54.2. The predicted octanol–water partition coefficient (Wildman–Crippen LogP) is 17.9. The van der Waals surface area contributed by atoms with Gasteiger partial charge in [0.25, 0.3) is 0 Å². The van der Waals surface area contributed by atoms with E-state index in [0.717, 1.165) is 122 Å². The molecular weight excluding hydrogens is 829 g/mol. The monoisotopic (exact) mass is 925 g/mol. The summed E-state index contributed by atoms with van der Waals surface area (Å²) in [4.78, 5) is 38.0. The van der Waals surface area contributed by atoms with Gasteiger partial charge in [-0.15, -0.1) is 0 Å². The highest BCUT2D eigenvalue weighted by atomic mass is 16.6. The summed E-state index contributed by atoms with van der Waals surface area (Å²) in [6.07, 6.45) is 75.8. The SMILES string of the molecule is CC/C=C\C/C=C\C/C=C\C/C=C\C/C=C\CCCC(=O)OC(COC(=O)CCCCCCC\C=C/C=C\C=C/C=C\CCCCC)COC(=O)CCCCCCCCC/C=C\C/C=C\CC. The molecule has 1 unspecified atom stereocenters. The lowest BCUT2D eigenvalue weighted by molar-refractivity contribution is -0.167. The zero-order chi connectivity index (χ0) is 48.6. The molecule has 0 saturated carbocycles. The van der Waals surface area contributed by atoms with E-state index in [1.165, 1.54) is 44.9 Å². The van der Waals surface area contributed by atoms with E-state index in [-0.39, 0.29) is 37.5 Å². The van der Waals surface area contributed by atoms with Crippen LogP contribution in [-0.2, 0) is 28.6 Å². The van der Waals surface area contributed by atoms with Crippen LogP contribution in [0.2, 0.25) is 0 Å². The quantitative estimate of drug-likeness (QED) is 0.0199. The van der Waals surface area contributed by atoms with Crippen molar-refractivity contribution in [2.45, 2.75) is 219 Å². The molecule has 0 bridgehead atoms. The highest BCUT2D eigenvalue weighted by Crippen LogP contribution is 2.13. The van der Waals surface area contributed by atoms with Gasteiger partial charge in [-0.3, -0.25) is 14.4 Å². The standard InChI is InChI=1S/C61H96O6/c1-4-7-10-13-16-19-22-25-28-30-32-33-36-39-42-45-48-51-54-60(63)66-57-58(56-65-59(62)53-50-47-44-41-38-35-27-24-21-18-15-12-9-6-3)67-61(64)55-52-49-46-43-40-37-34-31-29-26-23-20-17-14-11-8-5-2/h8-9,11-12,16-22,25-26,28-30,32-34,37,43,46,58H,4-7,10,13-15,23-24,27,31,35-36,38-42,44-45,47-57H2,1-3H3/b11-8-,12-9-,19-16-,20-17-,21-18-,25-22-,29-26-,30-28-,33-32-,37-34-,46-43-. The van der Waals surface area contributed by atoms with Gasteiger partial charge in [0.05, 0.1) is 0 Å². The first-order valence-corrected chi connectivity index (χ1v) is 26.7. The van der Waals surface area contributed by atoms with Crippen LogP contribution < -0.4 is 0 Å². The summed E-state index contributed by atoms with van der Waals surface area (Å²) in [6, 6.07) is 0. The molecule has 0 aromatic carbocycles. The second-order valence-corrected chi connectivity index (χ2v) is 17.1. The minimum atomic E-state index is -0.826. The molecule has 0 rings (SSSR count). The molecule has 0 saturated heterocycles. The number of hydrogen-bond donors (Lipinski definition) is 0. The van der Waals surface area contributed by atoms with Crippen LogP contribution in [0.4, 0.5) is 0 Å². The van der Waals surface area contributed by atoms with E-state index in [0.29, 0.717) is 19.3 Å². The van der Waals surface area contributed by atoms with E-state index in [1.807, 2.05) is 0 Å². The Labute approximate surface area is 411 Å². The number of esters is 3. The van der Waals surface area contributed by atoms with Gasteiger partial charge in [0.15, 0.2) is 6.10 Å². The first-order chi connectivity index (χ1) is 33.0. The predicted molar refractivity (Wildman–Crippen MR) is 288 cm³/mol. The Balaban J connectivity index is 4.57. The third-order valence-corrected chi connectivity index (χ3v) is 10.7. The third kappa shape index (κ3) is 52.4. The van der Waals surface area contributed by atoms with Gasteiger partial charge in [0.2, 0.25) is 0 Å². The summed E-state index contributed by atoms with van der Waals surface area (Å²) in [6.45, 7) is 6.29. The Hall–Kier alpha value is -4.45. The molecule has 6 nitrogen and oxygen atoms in total. The summed E-state index contributed by atoms with van der Waals surface area (Å²) in [5.74, 6) is -1.02. The molecule has 0 N–H and O–H groups in total. The maximum absolute atomic E-state index is 12.8. The smallest absolute Gasteiger partial charge is 0.306 e. The number of ether oxygens (including phenoxy) is 3. The van der Waals surface area contributed by atoms with E-state index < -0.39 is 6.10 Å². The maximum Gasteiger partial charge on any atom is 0.306 e. The van der Waals surface area contributed by atoms with Crippen LogP contribution in [-0.4, -0.2) is 37.2 Å². The molecule has 0 fully saturated rings. The van der Waals surface area contributed by atoms with Crippen molar-refractivity contribution in [3.8, 4) is 0 Å². The zero-order valence-corrected chi connectivity index (χ0v) is 42.9. The topological polar surface area (TPSA) is 78.9 Å². The molecule has 0 aromatic heterocycles. The van der Waals surface area contributed by atoms with Crippen LogP contribution in [0.5, 0.6) is 0 Å². The van der Waals surface area contributed by atoms with E-state index in [1.54, 1.807) is 0 Å². The van der Waals surface area contributed by atoms with Gasteiger partial charge in [0, 0.05) is 19.3 Å². The Kier molecular flexibility index (Phi) is 50.6. The third-order valence-electron chi connectivity index (χ3n) is 10.7. The molecule has 6 heteroatoms. The number of allylic oxidation sites excluding steroid dienone is 22. The van der Waals surface area contributed by atoms with Crippen molar-refractivity contribution in [1.29, 1.82) is 0 Å². The zero-order valence-electron chi connectivity index (χ0n) is 42.9. The largest absolute Gasteiger partial charge is 0.462 e. The number of carbonyl (C=O) groups excluding carboxylic acids is 3. The van der Waals surface area contributed by atoms with Gasteiger partial charge in [-0.1, -0.05) is 219 Å². The summed E-state index contributed by atoms with van der Waals surface area (Å²) in [5, 5.41) is 0. The Bertz CT molecular complexity index is 1480. The molecule has 0 aliphatic carbocycles. The Morgan fingerprint density at radius 1 is 0.328 bits per heavy atom. The summed E-state index contributed by atoms with van der Waals surface area (Å²) >= 11 is 0. The Morgan fingerprint density at radius 3 is 1.09 bits per heavy atom. The van der Waals surface area contributed by atoms with Crippen molar-refractivity contribution in [2.24, 2.45) is 0 Å². The van der Waals surface area contributed by atoms with Crippen molar-refractivity contribution in [3.05, 3.63) is 134 Å². The van der Waals surface area contributed by atoms with Gasteiger partial charge >= 0.3 is 17.9 Å². The minimum Gasteiger partial charge on any atom is -0.462 e. The average molecular weight is 925 g/mol. The molecule has 0 amide bonds. The number of hydrogen-bond acceptors (Lipinski definition) is 6. The van der Waals surface area contributed by atoms with Gasteiger partial charge in [-0.05, 0) is 109 Å². The van der Waals surface area contributed by atoms with Gasteiger partial charge < -0.3 is 14.2 Å². The molecule has 0 heterocycles. The second-order valence-electron chi connectivity index (χ2n) is 17.1. The molecule has 0 aromatic rings. The van der Waals surface area contributed by atoms with Crippen molar-refractivity contribution < 1.29 is 28.6 Å². The van der Waals surface area contributed by atoms with Crippen LogP contribution in [0, 0.1) is 0 Å². The minimum absolute atomic E-state index is 0.118. The van der Waals surface area contributed by atoms with Gasteiger partial charge in [-0.25, -0.2) is 0 Å². The van der Waals surface area contributed by atoms with Crippen molar-refractivity contribution in [3.63, 3.8) is 0 Å². The number of unbranched alkanes of at least 4 members (excludes halogenated alkanes) is 16. The lowest BCUT2D eigenvalue weighted by atomic mass is 10.1. The number of carbonyl (C=O) groups is 3. The first kappa shape index (κ1) is 62.5. The number of rotatable bonds is 46. The van der Waals surface area contributed by atoms with E-state index in [4.69, 9.17) is 14.2 Å². The summed E-state index contributed by atoms with van der Waals surface area (Å²) < 4.78 is 16.7. The van der Waals surface area contributed by atoms with E-state index >= 15 is 0 Å². The van der Waals surface area contributed by atoms with Crippen molar-refractivity contribution in [1.82, 2.24) is 0 Å². The van der Waals surface area contributed by atoms with Crippen molar-refractivity contribution >= 4 is 17.9 Å². The van der Waals surface area contributed by atoms with Crippen LogP contribution in [0.3, 0.4) is 0 Å². The molecule has 0 radical (unpaired) electrons. The van der Waals surface area contributed by atoms with Crippen LogP contribution >= 0.6 is 0 Å². The van der Waals surface area contributed by atoms with Crippen LogP contribution in [0.25, 0.3) is 0 Å². The molecular formula is C61H96O6. The fraction of sp³-hybridized carbons (Fsp3) is 0.590. The fourth-order valence-corrected chi connectivity index (χ4v) is 6.76. The summed E-state index contributed by atoms with van der Waals surface area (Å²) in [7, 11) is 0. The normalized spacial score (nSPS) is 13.2. The highest BCUT2D eigenvalue weighted by Gasteiger charge is 2.19. The molecule has 1 atom stereocenters. The van der Waals surface area contributed by atoms with Crippen molar-refractivity contribution in [2.75, 3.05) is 13.2 Å². The molecule has 0 aliphatic rings. The first-order valence-electron chi connectivity index (χ1n) is 26.7. The lowest BCUT2D eigenvalue weighted by Gasteiger charge is -2.18. The molecule has 376 valence electrons. The van der Waals surface area contributed by atoms with E-state index in [9.17, 15) is 14.4 Å². The maximum atomic E-state index is 12.8. The van der Waals surface area contributed by atoms with Crippen LogP contribution in [0.1, 0.15) is 213 Å². The summed E-state index contributed by atoms with van der Waals surface area (Å²) in [5.41, 5.74) is 0. The highest BCUT2D eigenvalue weighted by molar-refractivity contribution is 5.71. The fourth-order valence-electron chi connectivity index (χ4n) is 6.76. The molecule has 0 spiro atoms. The van der Waals surface area contributed by atoms with E-state index in [2.05, 4.69) is 154 Å². The lowest BCUT2D eigenvalue weighted by Crippen LogP contribution is -2.30. The van der Waals surface area contributed by atoms with Crippen LogP contribution in [0.15, 0.2) is 134 Å². The van der Waals surface area contributed by atoms with Gasteiger partial charge in [0.1, 0.15) is 13.2 Å².